The van der Waals surface area contributed by atoms with E-state index in [1.54, 1.807) is 54.6 Å². The highest BCUT2D eigenvalue weighted by Gasteiger charge is 2.17. The van der Waals surface area contributed by atoms with Gasteiger partial charge in [-0.1, -0.05) is 72.8 Å². The highest BCUT2D eigenvalue weighted by Crippen LogP contribution is 2.19. The number of carbonyl (C=O) groups excluding carboxylic acids is 3. The molecule has 4 aromatic rings. The Kier molecular flexibility index (Phi) is 8.38. The molecule has 8 nitrogen and oxygen atoms in total. The Balaban J connectivity index is 1.35. The van der Waals surface area contributed by atoms with E-state index in [2.05, 4.69) is 21.2 Å². The molecular weight excluding hydrogens is 468 g/mol. The number of ether oxygens (including phenoxy) is 1. The fourth-order valence-electron chi connectivity index (χ4n) is 3.35. The number of carbonyl (C=O) groups is 3. The van der Waals surface area contributed by atoms with Crippen molar-refractivity contribution in [3.63, 3.8) is 0 Å². The number of rotatable bonds is 8. The molecule has 8 heteroatoms. The Morgan fingerprint density at radius 2 is 1.35 bits per heavy atom. The van der Waals surface area contributed by atoms with Crippen molar-refractivity contribution >= 4 is 35.3 Å². The molecule has 3 N–H and O–H groups in total. The van der Waals surface area contributed by atoms with Gasteiger partial charge in [0.25, 0.3) is 5.91 Å². The van der Waals surface area contributed by atoms with Crippen LogP contribution in [-0.2, 0) is 16.2 Å². The Morgan fingerprint density at radius 3 is 2.14 bits per heavy atom. The van der Waals surface area contributed by atoms with Gasteiger partial charge in [-0.2, -0.15) is 5.10 Å². The Labute approximate surface area is 214 Å². The van der Waals surface area contributed by atoms with Gasteiger partial charge in [-0.15, -0.1) is 0 Å². The molecule has 4 rings (SSSR count). The second-order valence-corrected chi connectivity index (χ2v) is 7.83. The van der Waals surface area contributed by atoms with Gasteiger partial charge in [0.05, 0.1) is 17.5 Å². The van der Waals surface area contributed by atoms with Crippen LogP contribution in [0.25, 0.3) is 0 Å². The Morgan fingerprint density at radius 1 is 0.703 bits per heavy atom. The smallest absolute Gasteiger partial charge is 0.329 e. The summed E-state index contributed by atoms with van der Waals surface area (Å²) in [6, 6.07) is 32.2. The fraction of sp³-hybridized carbons (Fsp3) is 0.0345. The molecule has 0 aliphatic rings. The van der Waals surface area contributed by atoms with E-state index in [4.69, 9.17) is 4.74 Å². The number of para-hydroxylation sites is 3. The maximum atomic E-state index is 12.7. The summed E-state index contributed by atoms with van der Waals surface area (Å²) in [5.41, 5.74) is 4.85. The van der Waals surface area contributed by atoms with Crippen molar-refractivity contribution in [1.82, 2.24) is 5.43 Å². The summed E-state index contributed by atoms with van der Waals surface area (Å²) in [6.45, 7) is 0.373. The first-order valence-electron chi connectivity index (χ1n) is 11.5. The molecule has 0 atom stereocenters. The molecule has 3 amide bonds. The van der Waals surface area contributed by atoms with Gasteiger partial charge in [0.15, 0.2) is 0 Å². The number of anilines is 2. The first kappa shape index (κ1) is 24.9. The minimum absolute atomic E-state index is 0.194. The van der Waals surface area contributed by atoms with Gasteiger partial charge in [-0.05, 0) is 42.0 Å². The zero-order chi connectivity index (χ0) is 25.9. The van der Waals surface area contributed by atoms with Crippen molar-refractivity contribution in [2.24, 2.45) is 5.10 Å². The lowest BCUT2D eigenvalue weighted by atomic mass is 10.1. The van der Waals surface area contributed by atoms with Gasteiger partial charge in [0, 0.05) is 11.3 Å². The maximum Gasteiger partial charge on any atom is 0.329 e. The van der Waals surface area contributed by atoms with E-state index in [0.29, 0.717) is 23.6 Å². The van der Waals surface area contributed by atoms with Crippen LogP contribution in [0, 0.1) is 0 Å². The van der Waals surface area contributed by atoms with Crippen molar-refractivity contribution in [1.29, 1.82) is 0 Å². The van der Waals surface area contributed by atoms with Crippen molar-refractivity contribution in [3.05, 3.63) is 126 Å². The Hall–Kier alpha value is -5.24. The normalized spacial score (nSPS) is 10.5. The molecule has 0 spiro atoms. The zero-order valence-electron chi connectivity index (χ0n) is 19.8. The minimum Gasteiger partial charge on any atom is -0.488 e. The fourth-order valence-corrected chi connectivity index (χ4v) is 3.35. The number of hydrogen-bond donors (Lipinski definition) is 3. The average molecular weight is 493 g/mol. The van der Waals surface area contributed by atoms with E-state index >= 15 is 0 Å². The zero-order valence-corrected chi connectivity index (χ0v) is 19.8. The van der Waals surface area contributed by atoms with E-state index in [-0.39, 0.29) is 11.3 Å². The first-order valence-corrected chi connectivity index (χ1v) is 11.5. The molecule has 0 aromatic heterocycles. The summed E-state index contributed by atoms with van der Waals surface area (Å²) in [5, 5.41) is 9.11. The van der Waals surface area contributed by atoms with Gasteiger partial charge in [-0.3, -0.25) is 14.4 Å². The van der Waals surface area contributed by atoms with Crippen LogP contribution < -0.4 is 20.8 Å². The third-order valence-corrected chi connectivity index (χ3v) is 5.18. The largest absolute Gasteiger partial charge is 0.488 e. The number of benzene rings is 4. The van der Waals surface area contributed by atoms with Crippen LogP contribution in [0.15, 0.2) is 114 Å². The second kappa shape index (κ2) is 12.5. The lowest BCUT2D eigenvalue weighted by Gasteiger charge is -2.11. The molecule has 0 radical (unpaired) electrons. The van der Waals surface area contributed by atoms with Crippen molar-refractivity contribution < 1.29 is 19.1 Å². The summed E-state index contributed by atoms with van der Waals surface area (Å²) >= 11 is 0. The SMILES string of the molecule is O=C(N/N=C\c1ccccc1OCc1ccccc1)C(=O)Nc1ccccc1C(=O)Nc1ccccc1. The number of nitrogens with one attached hydrogen (secondary N) is 3. The Bertz CT molecular complexity index is 1410. The van der Waals surface area contributed by atoms with Crippen molar-refractivity contribution in [2.75, 3.05) is 10.6 Å². The molecule has 0 fully saturated rings. The molecule has 0 saturated heterocycles. The van der Waals surface area contributed by atoms with E-state index in [0.717, 1.165) is 5.56 Å². The highest BCUT2D eigenvalue weighted by atomic mass is 16.5. The molecule has 0 heterocycles. The van der Waals surface area contributed by atoms with Gasteiger partial charge in [0.2, 0.25) is 0 Å². The molecule has 0 unspecified atom stereocenters. The maximum absolute atomic E-state index is 12.7. The lowest BCUT2D eigenvalue weighted by molar-refractivity contribution is -0.136. The minimum atomic E-state index is -0.989. The van der Waals surface area contributed by atoms with E-state index in [1.807, 2.05) is 48.5 Å². The molecule has 0 saturated carbocycles. The first-order chi connectivity index (χ1) is 18.1. The highest BCUT2D eigenvalue weighted by molar-refractivity contribution is 6.40. The van der Waals surface area contributed by atoms with Crippen molar-refractivity contribution in [2.45, 2.75) is 6.61 Å². The number of hydrogen-bond acceptors (Lipinski definition) is 5. The third-order valence-electron chi connectivity index (χ3n) is 5.18. The molecule has 184 valence electrons. The van der Waals surface area contributed by atoms with Crippen LogP contribution >= 0.6 is 0 Å². The quantitative estimate of drug-likeness (QED) is 0.190. The van der Waals surface area contributed by atoms with Gasteiger partial charge in [-0.25, -0.2) is 5.43 Å². The topological polar surface area (TPSA) is 109 Å². The van der Waals surface area contributed by atoms with Crippen LogP contribution in [0.3, 0.4) is 0 Å². The second-order valence-electron chi connectivity index (χ2n) is 7.83. The van der Waals surface area contributed by atoms with Gasteiger partial charge in [0.1, 0.15) is 12.4 Å². The van der Waals surface area contributed by atoms with Gasteiger partial charge < -0.3 is 15.4 Å². The van der Waals surface area contributed by atoms with E-state index in [9.17, 15) is 14.4 Å². The third kappa shape index (κ3) is 7.12. The predicted molar refractivity (Wildman–Crippen MR) is 142 cm³/mol. The standard InChI is InChI=1S/C29H24N4O4/c34-27(31-23-14-5-2-6-15-23)24-16-8-9-17-25(24)32-28(35)29(36)33-30-19-22-13-7-10-18-26(22)37-20-21-11-3-1-4-12-21/h1-19H,20H2,(H,31,34)(H,32,35)(H,33,36)/b30-19-. The number of amides is 3. The van der Waals surface area contributed by atoms with Crippen LogP contribution in [0.2, 0.25) is 0 Å². The summed E-state index contributed by atoms with van der Waals surface area (Å²) in [7, 11) is 0. The molecule has 4 aromatic carbocycles. The van der Waals surface area contributed by atoms with Gasteiger partial charge >= 0.3 is 11.8 Å². The van der Waals surface area contributed by atoms with Crippen molar-refractivity contribution in [3.8, 4) is 5.75 Å². The van der Waals surface area contributed by atoms with Crippen LogP contribution in [-0.4, -0.2) is 23.9 Å². The van der Waals surface area contributed by atoms with Crippen LogP contribution in [0.4, 0.5) is 11.4 Å². The molecule has 0 aliphatic heterocycles. The summed E-state index contributed by atoms with van der Waals surface area (Å²) < 4.78 is 5.86. The van der Waals surface area contributed by atoms with E-state index in [1.165, 1.54) is 12.3 Å². The summed E-state index contributed by atoms with van der Waals surface area (Å²) in [4.78, 5) is 37.5. The lowest BCUT2D eigenvalue weighted by Crippen LogP contribution is -2.33. The van der Waals surface area contributed by atoms with Crippen LogP contribution in [0.5, 0.6) is 5.75 Å². The summed E-state index contributed by atoms with van der Waals surface area (Å²) in [5.74, 6) is -1.80. The molecular formula is C29H24N4O4. The average Bonchev–Trinajstić information content (AvgIpc) is 2.94. The molecule has 0 aliphatic carbocycles. The predicted octanol–water partition coefficient (Wildman–Crippen LogP) is 4.61. The molecule has 37 heavy (non-hydrogen) atoms. The summed E-state index contributed by atoms with van der Waals surface area (Å²) in [6.07, 6.45) is 1.40. The van der Waals surface area contributed by atoms with E-state index < -0.39 is 17.7 Å². The molecule has 0 bridgehead atoms. The number of hydrazone groups is 1. The monoisotopic (exact) mass is 492 g/mol. The number of nitrogens with zero attached hydrogens (tertiary/aromatic N) is 1. The van der Waals surface area contributed by atoms with Crippen LogP contribution in [0.1, 0.15) is 21.5 Å².